The Balaban J connectivity index is 1.78. The first kappa shape index (κ1) is 14.5. The number of amides is 1. The van der Waals surface area contributed by atoms with Crippen LogP contribution in [0.1, 0.15) is 25.3 Å². The number of ether oxygens (including phenoxy) is 1. The van der Waals surface area contributed by atoms with Crippen LogP contribution in [-0.2, 0) is 9.53 Å². The van der Waals surface area contributed by atoms with Gasteiger partial charge in [-0.15, -0.1) is 0 Å². The van der Waals surface area contributed by atoms with Crippen molar-refractivity contribution in [3.63, 3.8) is 0 Å². The van der Waals surface area contributed by atoms with Crippen molar-refractivity contribution in [2.75, 3.05) is 32.1 Å². The Bertz CT molecular complexity index is 511. The fourth-order valence-electron chi connectivity index (χ4n) is 1.86. The highest BCUT2D eigenvalue weighted by molar-refractivity contribution is 5.76. The van der Waals surface area contributed by atoms with E-state index in [1.165, 1.54) is 0 Å². The zero-order valence-corrected chi connectivity index (χ0v) is 11.6. The van der Waals surface area contributed by atoms with E-state index >= 15 is 0 Å². The van der Waals surface area contributed by atoms with E-state index in [2.05, 4.69) is 15.6 Å². The molecule has 1 amide bonds. The van der Waals surface area contributed by atoms with Crippen LogP contribution >= 0.6 is 0 Å². The minimum atomic E-state index is -0.116. The molecular formula is C13H20N4O3. The van der Waals surface area contributed by atoms with Gasteiger partial charge in [0.25, 0.3) is 5.56 Å². The summed E-state index contributed by atoms with van der Waals surface area (Å²) in [5.41, 5.74) is -0.116. The lowest BCUT2D eigenvalue weighted by atomic mass is 10.4. The number of carbonyl (C=O) groups excluding carboxylic acids is 1. The predicted octanol–water partition coefficient (Wildman–Crippen LogP) is 0.143. The number of hydrogen-bond acceptors (Lipinski definition) is 5. The van der Waals surface area contributed by atoms with Crippen LogP contribution in [0.5, 0.6) is 0 Å². The summed E-state index contributed by atoms with van der Waals surface area (Å²) in [6, 6.07) is 0.323. The summed E-state index contributed by atoms with van der Waals surface area (Å²) in [7, 11) is 1.58. The van der Waals surface area contributed by atoms with Crippen LogP contribution < -0.4 is 16.2 Å². The maximum absolute atomic E-state index is 12.1. The SMILES string of the molecule is COCCNC(=O)CCNc1nccn(C2CC2)c1=O. The zero-order chi connectivity index (χ0) is 14.4. The summed E-state index contributed by atoms with van der Waals surface area (Å²) in [6.45, 7) is 1.37. The van der Waals surface area contributed by atoms with E-state index in [9.17, 15) is 9.59 Å². The molecule has 2 N–H and O–H groups in total. The Morgan fingerprint density at radius 1 is 1.50 bits per heavy atom. The zero-order valence-electron chi connectivity index (χ0n) is 11.6. The first-order chi connectivity index (χ1) is 9.72. The monoisotopic (exact) mass is 280 g/mol. The van der Waals surface area contributed by atoms with Gasteiger partial charge in [-0.2, -0.15) is 0 Å². The van der Waals surface area contributed by atoms with E-state index in [1.807, 2.05) is 0 Å². The number of hydrogen-bond donors (Lipinski definition) is 2. The van der Waals surface area contributed by atoms with Crippen LogP contribution in [0, 0.1) is 0 Å². The highest BCUT2D eigenvalue weighted by Crippen LogP contribution is 2.33. The van der Waals surface area contributed by atoms with Gasteiger partial charge < -0.3 is 19.9 Å². The fourth-order valence-corrected chi connectivity index (χ4v) is 1.86. The number of nitrogens with one attached hydrogen (secondary N) is 2. The number of rotatable bonds is 8. The van der Waals surface area contributed by atoms with Gasteiger partial charge in [-0.05, 0) is 12.8 Å². The molecular weight excluding hydrogens is 260 g/mol. The lowest BCUT2D eigenvalue weighted by molar-refractivity contribution is -0.121. The molecule has 1 aromatic heterocycles. The van der Waals surface area contributed by atoms with Gasteiger partial charge in [0.2, 0.25) is 5.91 Å². The summed E-state index contributed by atoms with van der Waals surface area (Å²) in [6.07, 6.45) is 5.71. The summed E-state index contributed by atoms with van der Waals surface area (Å²) < 4.78 is 6.54. The lowest BCUT2D eigenvalue weighted by Gasteiger charge is -2.08. The first-order valence-electron chi connectivity index (χ1n) is 6.79. The van der Waals surface area contributed by atoms with Crippen molar-refractivity contribution in [2.24, 2.45) is 0 Å². The molecule has 7 heteroatoms. The van der Waals surface area contributed by atoms with E-state index < -0.39 is 0 Å². The molecule has 2 rings (SSSR count). The third-order valence-corrected chi connectivity index (χ3v) is 3.08. The van der Waals surface area contributed by atoms with Crippen molar-refractivity contribution < 1.29 is 9.53 Å². The third kappa shape index (κ3) is 4.06. The number of nitrogens with zero attached hydrogens (tertiary/aromatic N) is 2. The summed E-state index contributed by atoms with van der Waals surface area (Å²) in [5.74, 6) is 0.233. The van der Waals surface area contributed by atoms with E-state index in [4.69, 9.17) is 4.74 Å². The van der Waals surface area contributed by atoms with E-state index in [-0.39, 0.29) is 11.5 Å². The first-order valence-corrected chi connectivity index (χ1v) is 6.79. The van der Waals surface area contributed by atoms with Crippen molar-refractivity contribution in [1.29, 1.82) is 0 Å². The largest absolute Gasteiger partial charge is 0.383 e. The lowest BCUT2D eigenvalue weighted by Crippen LogP contribution is -2.29. The number of carbonyl (C=O) groups is 1. The number of anilines is 1. The van der Waals surface area contributed by atoms with Crippen molar-refractivity contribution in [2.45, 2.75) is 25.3 Å². The normalized spacial score (nSPS) is 14.1. The standard InChI is InChI=1S/C13H20N4O3/c1-20-9-7-14-11(18)4-5-15-12-13(19)17(8-6-16-12)10-2-3-10/h6,8,10H,2-5,7,9H2,1H3,(H,14,18)(H,15,16). The smallest absolute Gasteiger partial charge is 0.293 e. The molecule has 110 valence electrons. The maximum atomic E-state index is 12.1. The van der Waals surface area contributed by atoms with Crippen LogP contribution in [0.4, 0.5) is 5.82 Å². The topological polar surface area (TPSA) is 85.2 Å². The maximum Gasteiger partial charge on any atom is 0.293 e. The van der Waals surface area contributed by atoms with Gasteiger partial charge in [-0.25, -0.2) is 4.98 Å². The van der Waals surface area contributed by atoms with Gasteiger partial charge in [0, 0.05) is 45.1 Å². The second-order valence-electron chi connectivity index (χ2n) is 4.74. The van der Waals surface area contributed by atoms with Crippen molar-refractivity contribution in [3.05, 3.63) is 22.7 Å². The third-order valence-electron chi connectivity index (χ3n) is 3.08. The molecule has 0 saturated heterocycles. The molecule has 1 aromatic rings. The Morgan fingerprint density at radius 3 is 3.00 bits per heavy atom. The van der Waals surface area contributed by atoms with Crippen molar-refractivity contribution >= 4 is 11.7 Å². The molecule has 20 heavy (non-hydrogen) atoms. The average molecular weight is 280 g/mol. The van der Waals surface area contributed by atoms with Crippen LogP contribution in [-0.4, -0.2) is 42.3 Å². The fraction of sp³-hybridized carbons (Fsp3) is 0.615. The van der Waals surface area contributed by atoms with Crippen LogP contribution in [0.3, 0.4) is 0 Å². The second-order valence-corrected chi connectivity index (χ2v) is 4.74. The van der Waals surface area contributed by atoms with Gasteiger partial charge in [0.05, 0.1) is 6.61 Å². The Kier molecular flexibility index (Phi) is 5.11. The molecule has 7 nitrogen and oxygen atoms in total. The minimum Gasteiger partial charge on any atom is -0.383 e. The molecule has 1 heterocycles. The minimum absolute atomic E-state index is 0.0759. The van der Waals surface area contributed by atoms with Crippen LogP contribution in [0.25, 0.3) is 0 Å². The molecule has 0 spiro atoms. The Hall–Kier alpha value is -1.89. The highest BCUT2D eigenvalue weighted by atomic mass is 16.5. The molecule has 1 aliphatic rings. The molecule has 0 bridgehead atoms. The second kappa shape index (κ2) is 7.04. The van der Waals surface area contributed by atoms with Crippen molar-refractivity contribution in [1.82, 2.24) is 14.9 Å². The average Bonchev–Trinajstić information content (AvgIpc) is 3.25. The van der Waals surface area contributed by atoms with Gasteiger partial charge >= 0.3 is 0 Å². The molecule has 0 unspecified atom stereocenters. The summed E-state index contributed by atoms with van der Waals surface area (Å²) >= 11 is 0. The van der Waals surface area contributed by atoms with Gasteiger partial charge in [-0.1, -0.05) is 0 Å². The van der Waals surface area contributed by atoms with Crippen LogP contribution in [0.15, 0.2) is 17.2 Å². The predicted molar refractivity (Wildman–Crippen MR) is 74.8 cm³/mol. The van der Waals surface area contributed by atoms with E-state index in [1.54, 1.807) is 24.1 Å². The number of aromatic nitrogens is 2. The van der Waals surface area contributed by atoms with E-state index in [0.717, 1.165) is 12.8 Å². The Morgan fingerprint density at radius 2 is 2.30 bits per heavy atom. The molecule has 1 saturated carbocycles. The molecule has 0 aliphatic heterocycles. The molecule has 0 radical (unpaired) electrons. The van der Waals surface area contributed by atoms with Crippen molar-refractivity contribution in [3.8, 4) is 0 Å². The Labute approximate surface area is 117 Å². The molecule has 1 fully saturated rings. The number of methoxy groups -OCH3 is 1. The summed E-state index contributed by atoms with van der Waals surface area (Å²) in [4.78, 5) is 27.6. The molecule has 0 atom stereocenters. The van der Waals surface area contributed by atoms with Crippen LogP contribution in [0.2, 0.25) is 0 Å². The van der Waals surface area contributed by atoms with Gasteiger partial charge in [-0.3, -0.25) is 9.59 Å². The quantitative estimate of drug-likeness (QED) is 0.662. The van der Waals surface area contributed by atoms with Gasteiger partial charge in [0.15, 0.2) is 5.82 Å². The highest BCUT2D eigenvalue weighted by Gasteiger charge is 2.25. The summed E-state index contributed by atoms with van der Waals surface area (Å²) in [5, 5.41) is 5.64. The van der Waals surface area contributed by atoms with E-state index in [0.29, 0.717) is 38.0 Å². The molecule has 0 aromatic carbocycles. The van der Waals surface area contributed by atoms with Gasteiger partial charge in [0.1, 0.15) is 0 Å². The molecule has 1 aliphatic carbocycles.